The molecule has 3 unspecified atom stereocenters. The zero-order valence-corrected chi connectivity index (χ0v) is 12.2. The summed E-state index contributed by atoms with van der Waals surface area (Å²) in [7, 11) is 1.05. The predicted molar refractivity (Wildman–Crippen MR) is 75.6 cm³/mol. The predicted octanol–water partition coefficient (Wildman–Crippen LogP) is 2.88. The first-order chi connectivity index (χ1) is 7.88. The topological polar surface area (TPSA) is 29.1 Å². The van der Waals surface area contributed by atoms with E-state index in [0.29, 0.717) is 0 Å². The van der Waals surface area contributed by atoms with Crippen LogP contribution in [0, 0.1) is 0 Å². The highest BCUT2D eigenvalue weighted by Gasteiger charge is 2.30. The van der Waals surface area contributed by atoms with Crippen molar-refractivity contribution in [3.05, 3.63) is 35.9 Å². The van der Waals surface area contributed by atoms with Crippen LogP contribution in [0.1, 0.15) is 39.3 Å². The van der Waals surface area contributed by atoms with Crippen molar-refractivity contribution in [2.24, 2.45) is 0 Å². The maximum Gasteiger partial charge on any atom is 0.0519 e. The third-order valence-corrected chi connectivity index (χ3v) is 5.03. The van der Waals surface area contributed by atoms with Gasteiger partial charge in [0.1, 0.15) is 0 Å². The normalized spacial score (nSPS) is 17.5. The Balaban J connectivity index is 2.93. The quantitative estimate of drug-likeness (QED) is 0.894. The van der Waals surface area contributed by atoms with Crippen LogP contribution in [0.15, 0.2) is 30.3 Å². The highest BCUT2D eigenvalue weighted by molar-refractivity contribution is 7.87. The number of hydrogen-bond acceptors (Lipinski definition) is 2. The number of rotatable bonds is 4. The fourth-order valence-corrected chi connectivity index (χ4v) is 3.67. The van der Waals surface area contributed by atoms with Gasteiger partial charge in [0.15, 0.2) is 0 Å². The Labute approximate surface area is 107 Å². The highest BCUT2D eigenvalue weighted by Crippen LogP contribution is 2.25. The van der Waals surface area contributed by atoms with Gasteiger partial charge in [-0.2, -0.15) is 0 Å². The lowest BCUT2D eigenvalue weighted by atomic mass is 10.0. The summed E-state index contributed by atoms with van der Waals surface area (Å²) in [4.78, 5) is 0. The molecule has 0 bridgehead atoms. The maximum atomic E-state index is 12.4. The molecule has 0 amide bonds. The molecule has 0 fully saturated rings. The van der Waals surface area contributed by atoms with Crippen molar-refractivity contribution in [2.45, 2.75) is 43.7 Å². The van der Waals surface area contributed by atoms with E-state index in [-0.39, 0.29) is 16.0 Å². The molecule has 0 heterocycles. The molecule has 1 aromatic carbocycles. The molecule has 0 aliphatic rings. The minimum atomic E-state index is -0.875. The van der Waals surface area contributed by atoms with Crippen LogP contribution in [0.5, 0.6) is 0 Å². The van der Waals surface area contributed by atoms with Gasteiger partial charge in [-0.05, 0) is 40.3 Å². The van der Waals surface area contributed by atoms with Crippen LogP contribution in [0.25, 0.3) is 0 Å². The third-order valence-electron chi connectivity index (χ3n) is 2.88. The van der Waals surface area contributed by atoms with Gasteiger partial charge in [0.05, 0.1) is 5.25 Å². The summed E-state index contributed by atoms with van der Waals surface area (Å²) < 4.78 is 12.2. The van der Waals surface area contributed by atoms with E-state index in [4.69, 9.17) is 0 Å². The molecule has 1 N–H and O–H groups in total. The van der Waals surface area contributed by atoms with Crippen molar-refractivity contribution in [3.8, 4) is 0 Å². The monoisotopic (exact) mass is 253 g/mol. The van der Waals surface area contributed by atoms with Crippen LogP contribution >= 0.6 is 0 Å². The molecular weight excluding hydrogens is 230 g/mol. The van der Waals surface area contributed by atoms with E-state index in [2.05, 4.69) is 24.4 Å². The van der Waals surface area contributed by atoms with Crippen LogP contribution in [-0.2, 0) is 10.8 Å². The maximum absolute atomic E-state index is 12.4. The second-order valence-corrected chi connectivity index (χ2v) is 7.86. The van der Waals surface area contributed by atoms with Gasteiger partial charge in [-0.1, -0.05) is 30.3 Å². The molecule has 0 spiro atoms. The largest absolute Gasteiger partial charge is 0.312 e. The van der Waals surface area contributed by atoms with Crippen LogP contribution < -0.4 is 5.32 Å². The van der Waals surface area contributed by atoms with E-state index in [0.717, 1.165) is 0 Å². The lowest BCUT2D eigenvalue weighted by Gasteiger charge is -2.29. The molecule has 3 atom stereocenters. The molecule has 0 aliphatic heterocycles. The SMILES string of the molecule is CNC(c1ccccc1)C(C)S(=O)C(C)(C)C. The van der Waals surface area contributed by atoms with Gasteiger partial charge in [0.25, 0.3) is 0 Å². The Morgan fingerprint density at radius 1 is 1.18 bits per heavy atom. The lowest BCUT2D eigenvalue weighted by molar-refractivity contribution is 0.556. The lowest BCUT2D eigenvalue weighted by Crippen LogP contribution is -2.38. The molecule has 0 aromatic heterocycles. The van der Waals surface area contributed by atoms with E-state index in [1.807, 2.05) is 46.0 Å². The van der Waals surface area contributed by atoms with E-state index in [1.165, 1.54) is 5.56 Å². The first-order valence-corrected chi connectivity index (χ1v) is 7.22. The second kappa shape index (κ2) is 5.78. The second-order valence-electron chi connectivity index (χ2n) is 5.29. The fourth-order valence-electron chi connectivity index (χ4n) is 2.01. The van der Waals surface area contributed by atoms with E-state index in [9.17, 15) is 4.21 Å². The first kappa shape index (κ1) is 14.4. The van der Waals surface area contributed by atoms with Crippen LogP contribution in [0.4, 0.5) is 0 Å². The Morgan fingerprint density at radius 3 is 2.12 bits per heavy atom. The van der Waals surface area contributed by atoms with Crippen LogP contribution in [0.2, 0.25) is 0 Å². The van der Waals surface area contributed by atoms with Crippen molar-refractivity contribution in [2.75, 3.05) is 7.05 Å². The van der Waals surface area contributed by atoms with Gasteiger partial charge in [0.2, 0.25) is 0 Å². The Kier molecular flexibility index (Phi) is 4.90. The zero-order chi connectivity index (χ0) is 13.1. The summed E-state index contributed by atoms with van der Waals surface area (Å²) in [6, 6.07) is 10.3. The Hall–Kier alpha value is -0.670. The third kappa shape index (κ3) is 3.65. The molecule has 1 aromatic rings. The van der Waals surface area contributed by atoms with Crippen molar-refractivity contribution < 1.29 is 4.21 Å². The van der Waals surface area contributed by atoms with Gasteiger partial charge in [-0.15, -0.1) is 0 Å². The summed E-state index contributed by atoms with van der Waals surface area (Å²) in [5, 5.41) is 3.36. The molecule has 3 heteroatoms. The van der Waals surface area contributed by atoms with Gasteiger partial charge in [0, 0.05) is 21.6 Å². The fraction of sp³-hybridized carbons (Fsp3) is 0.571. The number of nitrogens with one attached hydrogen (secondary N) is 1. The molecule has 17 heavy (non-hydrogen) atoms. The molecule has 0 saturated heterocycles. The Bertz CT molecular complexity index is 370. The average molecular weight is 253 g/mol. The van der Waals surface area contributed by atoms with Crippen molar-refractivity contribution in [1.82, 2.24) is 5.32 Å². The van der Waals surface area contributed by atoms with Crippen LogP contribution in [0.3, 0.4) is 0 Å². The molecule has 0 saturated carbocycles. The first-order valence-electron chi connectivity index (χ1n) is 6.01. The van der Waals surface area contributed by atoms with Crippen molar-refractivity contribution in [3.63, 3.8) is 0 Å². The standard InChI is InChI=1S/C14H23NOS/c1-11(17(16)14(2,3)4)13(15-5)12-9-7-6-8-10-12/h6-11,13,15H,1-5H3. The minimum Gasteiger partial charge on any atom is -0.312 e. The smallest absolute Gasteiger partial charge is 0.0519 e. The van der Waals surface area contributed by atoms with E-state index >= 15 is 0 Å². The van der Waals surface area contributed by atoms with Gasteiger partial charge in [-0.3, -0.25) is 4.21 Å². The molecule has 2 nitrogen and oxygen atoms in total. The zero-order valence-electron chi connectivity index (χ0n) is 11.4. The van der Waals surface area contributed by atoms with Gasteiger partial charge < -0.3 is 5.32 Å². The van der Waals surface area contributed by atoms with Gasteiger partial charge >= 0.3 is 0 Å². The number of hydrogen-bond donors (Lipinski definition) is 1. The Morgan fingerprint density at radius 2 is 1.71 bits per heavy atom. The van der Waals surface area contributed by atoms with E-state index in [1.54, 1.807) is 0 Å². The van der Waals surface area contributed by atoms with Gasteiger partial charge in [-0.25, -0.2) is 0 Å². The molecule has 0 radical (unpaired) electrons. The molecule has 96 valence electrons. The highest BCUT2D eigenvalue weighted by atomic mass is 32.2. The summed E-state index contributed by atoms with van der Waals surface area (Å²) in [6.45, 7) is 8.13. The van der Waals surface area contributed by atoms with Crippen molar-refractivity contribution in [1.29, 1.82) is 0 Å². The molecule has 0 aliphatic carbocycles. The summed E-state index contributed by atoms with van der Waals surface area (Å²) in [5.41, 5.74) is 1.19. The molecular formula is C14H23NOS. The summed E-state index contributed by atoms with van der Waals surface area (Å²) in [5.74, 6) is 0. The summed E-state index contributed by atoms with van der Waals surface area (Å²) >= 11 is 0. The minimum absolute atomic E-state index is 0.0856. The number of benzene rings is 1. The average Bonchev–Trinajstić information content (AvgIpc) is 2.29. The molecule has 1 rings (SSSR count). The van der Waals surface area contributed by atoms with Crippen molar-refractivity contribution >= 4 is 10.8 Å². The van der Waals surface area contributed by atoms with E-state index < -0.39 is 10.8 Å². The van der Waals surface area contributed by atoms with Crippen LogP contribution in [-0.4, -0.2) is 21.3 Å². The summed E-state index contributed by atoms with van der Waals surface area (Å²) in [6.07, 6.45) is 0.